The lowest BCUT2D eigenvalue weighted by Gasteiger charge is -2.09. The molecule has 0 aliphatic heterocycles. The van der Waals surface area contributed by atoms with Gasteiger partial charge in [0.2, 0.25) is 0 Å². The van der Waals surface area contributed by atoms with Crippen LogP contribution in [0, 0.1) is 18.7 Å². The van der Waals surface area contributed by atoms with Crippen molar-refractivity contribution in [2.45, 2.75) is 26.7 Å². The average molecular weight is 187 g/mol. The number of halogens is 2. The van der Waals surface area contributed by atoms with Gasteiger partial charge in [-0.25, -0.2) is 4.39 Å². The van der Waals surface area contributed by atoms with Crippen LogP contribution in [0.1, 0.15) is 30.9 Å². The van der Waals surface area contributed by atoms with Crippen LogP contribution in [0.3, 0.4) is 0 Å². The van der Waals surface area contributed by atoms with Gasteiger partial charge in [-0.15, -0.1) is 0 Å². The summed E-state index contributed by atoms with van der Waals surface area (Å²) < 4.78 is 26.4. The van der Waals surface area contributed by atoms with E-state index >= 15 is 0 Å². The van der Waals surface area contributed by atoms with Crippen molar-refractivity contribution in [3.8, 4) is 0 Å². The maximum Gasteiger partial charge on any atom is 0.255 e. The number of aromatic nitrogens is 1. The number of hydrogen-bond donors (Lipinski definition) is 1. The van der Waals surface area contributed by atoms with E-state index in [4.69, 9.17) is 0 Å². The molecule has 4 heteroatoms. The van der Waals surface area contributed by atoms with E-state index in [1.807, 2.05) is 4.98 Å². The third-order valence-corrected chi connectivity index (χ3v) is 1.94. The summed E-state index contributed by atoms with van der Waals surface area (Å²) >= 11 is 0. The first kappa shape index (κ1) is 9.89. The second kappa shape index (κ2) is 3.28. The van der Waals surface area contributed by atoms with Gasteiger partial charge in [-0.3, -0.25) is 9.78 Å². The lowest BCUT2D eigenvalue weighted by atomic mass is 10.0. The summed E-state index contributed by atoms with van der Waals surface area (Å²) in [5, 5.41) is 0. The van der Waals surface area contributed by atoms with Gasteiger partial charge in [-0.05, 0) is 12.8 Å². The van der Waals surface area contributed by atoms with Crippen LogP contribution in [-0.2, 0) is 0 Å². The molecule has 0 aliphatic rings. The number of aromatic amines is 1. The summed E-state index contributed by atoms with van der Waals surface area (Å²) in [5.74, 6) is -1.89. The molecule has 0 unspecified atom stereocenters. The molecule has 1 aromatic heterocycles. The Labute approximate surface area is 74.6 Å². The Bertz CT molecular complexity index is 382. The molecule has 0 saturated carbocycles. The van der Waals surface area contributed by atoms with Crippen LogP contribution >= 0.6 is 0 Å². The van der Waals surface area contributed by atoms with E-state index in [0.29, 0.717) is 0 Å². The lowest BCUT2D eigenvalue weighted by molar-refractivity contribution is 0.504. The molecule has 0 bridgehead atoms. The Morgan fingerprint density at radius 3 is 2.31 bits per heavy atom. The van der Waals surface area contributed by atoms with Crippen LogP contribution in [-0.4, -0.2) is 4.98 Å². The quantitative estimate of drug-likeness (QED) is 0.671. The third-order valence-electron chi connectivity index (χ3n) is 1.94. The summed E-state index contributed by atoms with van der Waals surface area (Å²) in [6.45, 7) is 4.66. The Morgan fingerprint density at radius 2 is 1.85 bits per heavy atom. The van der Waals surface area contributed by atoms with Gasteiger partial charge in [-0.2, -0.15) is 4.39 Å². The first-order valence-corrected chi connectivity index (χ1v) is 4.03. The molecule has 1 heterocycles. The first-order valence-electron chi connectivity index (χ1n) is 4.03. The highest BCUT2D eigenvalue weighted by molar-refractivity contribution is 5.23. The maximum absolute atomic E-state index is 13.3. The second-order valence-corrected chi connectivity index (χ2v) is 3.28. The maximum atomic E-state index is 13.3. The van der Waals surface area contributed by atoms with Crippen LogP contribution < -0.4 is 5.56 Å². The van der Waals surface area contributed by atoms with Crippen LogP contribution in [0.4, 0.5) is 8.78 Å². The van der Waals surface area contributed by atoms with Crippen molar-refractivity contribution >= 4 is 0 Å². The predicted molar refractivity (Wildman–Crippen MR) is 45.8 cm³/mol. The van der Waals surface area contributed by atoms with Crippen LogP contribution in [0.5, 0.6) is 0 Å². The average Bonchev–Trinajstić information content (AvgIpc) is 1.99. The fourth-order valence-corrected chi connectivity index (χ4v) is 1.17. The summed E-state index contributed by atoms with van der Waals surface area (Å²) in [5.41, 5.74) is -0.832. The number of nitrogens with one attached hydrogen (secondary N) is 1. The van der Waals surface area contributed by atoms with Gasteiger partial charge in [0.1, 0.15) is 5.82 Å². The monoisotopic (exact) mass is 187 g/mol. The Morgan fingerprint density at radius 1 is 1.31 bits per heavy atom. The fourth-order valence-electron chi connectivity index (χ4n) is 1.17. The Balaban J connectivity index is 3.53. The molecule has 72 valence electrons. The molecule has 0 spiro atoms. The van der Waals surface area contributed by atoms with E-state index in [9.17, 15) is 13.6 Å². The topological polar surface area (TPSA) is 32.9 Å². The van der Waals surface area contributed by atoms with E-state index in [1.54, 1.807) is 13.8 Å². The van der Waals surface area contributed by atoms with Gasteiger partial charge in [0.05, 0.1) is 5.56 Å². The van der Waals surface area contributed by atoms with Crippen molar-refractivity contribution in [3.63, 3.8) is 0 Å². The number of hydrogen-bond acceptors (Lipinski definition) is 1. The lowest BCUT2D eigenvalue weighted by Crippen LogP contribution is -2.17. The van der Waals surface area contributed by atoms with Gasteiger partial charge in [0.25, 0.3) is 5.56 Å². The zero-order valence-corrected chi connectivity index (χ0v) is 7.74. The molecule has 13 heavy (non-hydrogen) atoms. The van der Waals surface area contributed by atoms with Crippen molar-refractivity contribution in [1.29, 1.82) is 0 Å². The third kappa shape index (κ3) is 1.61. The first-order chi connectivity index (χ1) is 5.95. The van der Waals surface area contributed by atoms with E-state index in [2.05, 4.69) is 0 Å². The minimum absolute atomic E-state index is 0.0582. The van der Waals surface area contributed by atoms with Crippen molar-refractivity contribution in [1.82, 2.24) is 4.98 Å². The van der Waals surface area contributed by atoms with E-state index in [0.717, 1.165) is 0 Å². The van der Waals surface area contributed by atoms with Crippen LogP contribution in [0.2, 0.25) is 0 Å². The minimum Gasteiger partial charge on any atom is -0.298 e. The second-order valence-electron chi connectivity index (χ2n) is 3.28. The molecule has 0 atom stereocenters. The SMILES string of the molecule is Cc1c(F)c(C(C)C)c(F)[nH]c1=O. The summed E-state index contributed by atoms with van der Waals surface area (Å²) in [6.07, 6.45) is 0. The highest BCUT2D eigenvalue weighted by atomic mass is 19.1. The van der Waals surface area contributed by atoms with Crippen molar-refractivity contribution in [3.05, 3.63) is 33.2 Å². The highest BCUT2D eigenvalue weighted by Gasteiger charge is 2.17. The fraction of sp³-hybridized carbons (Fsp3) is 0.444. The Kier molecular flexibility index (Phi) is 2.50. The van der Waals surface area contributed by atoms with E-state index in [-0.39, 0.29) is 17.0 Å². The smallest absolute Gasteiger partial charge is 0.255 e. The molecule has 2 nitrogen and oxygen atoms in total. The molecule has 0 fully saturated rings. The zero-order valence-electron chi connectivity index (χ0n) is 7.74. The molecule has 0 saturated heterocycles. The van der Waals surface area contributed by atoms with Crippen LogP contribution in [0.25, 0.3) is 0 Å². The number of H-pyrrole nitrogens is 1. The normalized spacial score (nSPS) is 10.9. The van der Waals surface area contributed by atoms with Crippen LogP contribution in [0.15, 0.2) is 4.79 Å². The van der Waals surface area contributed by atoms with Gasteiger partial charge in [-0.1, -0.05) is 13.8 Å². The van der Waals surface area contributed by atoms with Gasteiger partial charge < -0.3 is 0 Å². The summed E-state index contributed by atoms with van der Waals surface area (Å²) in [6, 6.07) is 0. The van der Waals surface area contributed by atoms with Crippen molar-refractivity contribution < 1.29 is 8.78 Å². The van der Waals surface area contributed by atoms with Crippen molar-refractivity contribution in [2.24, 2.45) is 0 Å². The largest absolute Gasteiger partial charge is 0.298 e. The molecular formula is C9H11F2NO. The summed E-state index contributed by atoms with van der Waals surface area (Å²) in [7, 11) is 0. The molecule has 1 aromatic rings. The standard InChI is InChI=1S/C9H11F2NO/c1-4(2)6-7(10)5(3)9(13)12-8(6)11/h4H,1-3H3,(H,12,13). The molecule has 1 rings (SSSR count). The van der Waals surface area contributed by atoms with Gasteiger partial charge in [0.15, 0.2) is 5.95 Å². The van der Waals surface area contributed by atoms with E-state index < -0.39 is 17.3 Å². The zero-order chi connectivity index (χ0) is 10.2. The Hall–Kier alpha value is -1.19. The highest BCUT2D eigenvalue weighted by Crippen LogP contribution is 2.20. The predicted octanol–water partition coefficient (Wildman–Crippen LogP) is 2.08. The van der Waals surface area contributed by atoms with E-state index in [1.165, 1.54) is 6.92 Å². The molecule has 1 N–H and O–H groups in total. The number of pyridine rings is 1. The molecule has 0 amide bonds. The number of rotatable bonds is 1. The molecular weight excluding hydrogens is 176 g/mol. The molecule has 0 aromatic carbocycles. The minimum atomic E-state index is -0.872. The van der Waals surface area contributed by atoms with Gasteiger partial charge in [0, 0.05) is 5.56 Å². The molecule has 0 radical (unpaired) electrons. The van der Waals surface area contributed by atoms with Crippen molar-refractivity contribution in [2.75, 3.05) is 0 Å². The summed E-state index contributed by atoms with van der Waals surface area (Å²) in [4.78, 5) is 12.9. The van der Waals surface area contributed by atoms with Gasteiger partial charge >= 0.3 is 0 Å². The molecule has 0 aliphatic carbocycles.